The summed E-state index contributed by atoms with van der Waals surface area (Å²) >= 11 is 0. The van der Waals surface area contributed by atoms with Crippen LogP contribution in [-0.2, 0) is 17.8 Å². The van der Waals surface area contributed by atoms with E-state index in [0.717, 1.165) is 49.4 Å². The van der Waals surface area contributed by atoms with Gasteiger partial charge in [0, 0.05) is 44.0 Å². The van der Waals surface area contributed by atoms with E-state index in [4.69, 9.17) is 9.47 Å². The highest BCUT2D eigenvalue weighted by Crippen LogP contribution is 2.30. The summed E-state index contributed by atoms with van der Waals surface area (Å²) in [5, 5.41) is 1.10. The van der Waals surface area contributed by atoms with Crippen molar-refractivity contribution in [1.82, 2.24) is 24.8 Å². The lowest BCUT2D eigenvalue weighted by Crippen LogP contribution is -2.35. The number of benzene rings is 1. The molecule has 3 aromatic rings. The zero-order chi connectivity index (χ0) is 19.3. The summed E-state index contributed by atoms with van der Waals surface area (Å²) in [5.41, 5.74) is 2.95. The maximum Gasteiger partial charge on any atom is 0.238 e. The van der Waals surface area contributed by atoms with Gasteiger partial charge in [-0.3, -0.25) is 14.9 Å². The number of aromatic nitrogens is 3. The molecule has 1 aliphatic rings. The van der Waals surface area contributed by atoms with E-state index in [1.54, 1.807) is 18.6 Å². The number of nitrogens with zero attached hydrogens (tertiary/aromatic N) is 5. The first kappa shape index (κ1) is 18.7. The Morgan fingerprint density at radius 3 is 2.82 bits per heavy atom. The van der Waals surface area contributed by atoms with E-state index in [0.29, 0.717) is 18.2 Å². The molecule has 4 rings (SSSR count). The molecule has 1 aromatic carbocycles. The number of hydrogen-bond acceptors (Lipinski definition) is 7. The van der Waals surface area contributed by atoms with E-state index in [2.05, 4.69) is 32.0 Å². The van der Waals surface area contributed by atoms with Gasteiger partial charge in [0.25, 0.3) is 0 Å². The van der Waals surface area contributed by atoms with E-state index < -0.39 is 0 Å². The quantitative estimate of drug-likeness (QED) is 0.652. The first-order valence-corrected chi connectivity index (χ1v) is 9.49. The Kier molecular flexibility index (Phi) is 5.76. The average molecular weight is 379 g/mol. The lowest BCUT2D eigenvalue weighted by molar-refractivity contribution is 0.0343. The van der Waals surface area contributed by atoms with Crippen molar-refractivity contribution < 1.29 is 9.47 Å². The van der Waals surface area contributed by atoms with Gasteiger partial charge in [-0.15, -0.1) is 0 Å². The molecule has 0 radical (unpaired) electrons. The molecule has 0 atom stereocenters. The molecule has 7 nitrogen and oxygen atoms in total. The Hall–Kier alpha value is -2.61. The van der Waals surface area contributed by atoms with Crippen LogP contribution in [0.15, 0.2) is 42.9 Å². The number of ether oxygens (including phenoxy) is 2. The summed E-state index contributed by atoms with van der Waals surface area (Å²) in [6.45, 7) is 5.08. The first-order chi connectivity index (χ1) is 13.7. The Morgan fingerprint density at radius 2 is 2.00 bits per heavy atom. The van der Waals surface area contributed by atoms with Crippen molar-refractivity contribution in [3.63, 3.8) is 0 Å². The summed E-state index contributed by atoms with van der Waals surface area (Å²) in [6.07, 6.45) is 5.19. The van der Waals surface area contributed by atoms with Crippen LogP contribution in [0.25, 0.3) is 10.9 Å². The Balaban J connectivity index is 1.61. The molecule has 7 heteroatoms. The van der Waals surface area contributed by atoms with Crippen molar-refractivity contribution >= 4 is 10.9 Å². The number of pyridine rings is 1. The normalized spacial score (nSPS) is 15.2. The minimum Gasteiger partial charge on any atom is -0.435 e. The molecular weight excluding hydrogens is 354 g/mol. The molecule has 0 N–H and O–H groups in total. The monoisotopic (exact) mass is 379 g/mol. The third-order valence-corrected chi connectivity index (χ3v) is 4.68. The van der Waals surface area contributed by atoms with Crippen LogP contribution in [0, 0.1) is 0 Å². The third kappa shape index (κ3) is 4.44. The molecule has 0 amide bonds. The Bertz CT molecular complexity index is 941. The van der Waals surface area contributed by atoms with Gasteiger partial charge >= 0.3 is 0 Å². The van der Waals surface area contributed by atoms with Crippen molar-refractivity contribution in [2.45, 2.75) is 13.1 Å². The molecule has 0 aliphatic carbocycles. The van der Waals surface area contributed by atoms with Crippen LogP contribution in [0.3, 0.4) is 0 Å². The molecular formula is C21H25N5O2. The van der Waals surface area contributed by atoms with Crippen LogP contribution in [0.4, 0.5) is 0 Å². The topological polar surface area (TPSA) is 63.6 Å². The van der Waals surface area contributed by atoms with Gasteiger partial charge in [-0.25, -0.2) is 4.98 Å². The van der Waals surface area contributed by atoms with Gasteiger partial charge < -0.3 is 14.4 Å². The second-order valence-corrected chi connectivity index (χ2v) is 7.20. The maximum absolute atomic E-state index is 6.07. The summed E-state index contributed by atoms with van der Waals surface area (Å²) in [6, 6.07) is 8.16. The predicted molar refractivity (Wildman–Crippen MR) is 107 cm³/mol. The van der Waals surface area contributed by atoms with Crippen LogP contribution in [0.1, 0.15) is 11.3 Å². The molecule has 0 unspecified atom stereocenters. The van der Waals surface area contributed by atoms with Crippen LogP contribution in [0.5, 0.6) is 11.6 Å². The van der Waals surface area contributed by atoms with Crippen molar-refractivity contribution in [2.24, 2.45) is 0 Å². The van der Waals surface area contributed by atoms with E-state index >= 15 is 0 Å². The highest BCUT2D eigenvalue weighted by atomic mass is 16.5. The zero-order valence-electron chi connectivity index (χ0n) is 16.3. The molecule has 0 spiro atoms. The van der Waals surface area contributed by atoms with E-state index in [1.165, 1.54) is 5.56 Å². The van der Waals surface area contributed by atoms with Gasteiger partial charge in [0.15, 0.2) is 5.75 Å². The van der Waals surface area contributed by atoms with Crippen molar-refractivity contribution in [1.29, 1.82) is 0 Å². The summed E-state index contributed by atoms with van der Waals surface area (Å²) in [7, 11) is 4.00. The molecule has 0 saturated carbocycles. The Morgan fingerprint density at radius 1 is 1.14 bits per heavy atom. The van der Waals surface area contributed by atoms with Gasteiger partial charge in [-0.1, -0.05) is 12.1 Å². The molecule has 1 saturated heterocycles. The molecule has 1 aliphatic heterocycles. The number of hydrogen-bond donors (Lipinski definition) is 0. The lowest BCUT2D eigenvalue weighted by atomic mass is 10.1. The predicted octanol–water partition coefficient (Wildman–Crippen LogP) is 2.71. The molecule has 146 valence electrons. The number of fused-ring (bicyclic) bond motifs is 1. The summed E-state index contributed by atoms with van der Waals surface area (Å²) in [5.74, 6) is 1.17. The van der Waals surface area contributed by atoms with Crippen LogP contribution < -0.4 is 4.74 Å². The fraction of sp³-hybridized carbons (Fsp3) is 0.381. The maximum atomic E-state index is 6.07. The summed E-state index contributed by atoms with van der Waals surface area (Å²) in [4.78, 5) is 17.8. The minimum atomic E-state index is 0.479. The fourth-order valence-electron chi connectivity index (χ4n) is 3.37. The van der Waals surface area contributed by atoms with Crippen molar-refractivity contribution in [3.8, 4) is 11.6 Å². The van der Waals surface area contributed by atoms with Gasteiger partial charge in [-0.2, -0.15) is 0 Å². The van der Waals surface area contributed by atoms with Crippen LogP contribution in [0.2, 0.25) is 0 Å². The van der Waals surface area contributed by atoms with E-state index in [9.17, 15) is 0 Å². The summed E-state index contributed by atoms with van der Waals surface area (Å²) < 4.78 is 11.5. The highest BCUT2D eigenvalue weighted by Gasteiger charge is 2.15. The van der Waals surface area contributed by atoms with E-state index in [-0.39, 0.29) is 0 Å². The second kappa shape index (κ2) is 8.60. The zero-order valence-corrected chi connectivity index (χ0v) is 16.3. The highest BCUT2D eigenvalue weighted by molar-refractivity contribution is 5.87. The first-order valence-electron chi connectivity index (χ1n) is 9.49. The number of rotatable bonds is 6. The molecule has 28 heavy (non-hydrogen) atoms. The van der Waals surface area contributed by atoms with Gasteiger partial charge in [-0.05, 0) is 31.8 Å². The van der Waals surface area contributed by atoms with Crippen LogP contribution >= 0.6 is 0 Å². The SMILES string of the molecule is CN(C)Cc1cncc(Oc2ccc(CN3CCOCC3)c3cccnc23)n1. The third-order valence-electron chi connectivity index (χ3n) is 4.68. The van der Waals surface area contributed by atoms with Crippen molar-refractivity contribution in [2.75, 3.05) is 40.4 Å². The van der Waals surface area contributed by atoms with Gasteiger partial charge in [0.05, 0.1) is 25.1 Å². The molecule has 3 heterocycles. The molecule has 0 bridgehead atoms. The smallest absolute Gasteiger partial charge is 0.238 e. The van der Waals surface area contributed by atoms with Crippen LogP contribution in [-0.4, -0.2) is 65.2 Å². The van der Waals surface area contributed by atoms with Crippen molar-refractivity contribution in [3.05, 3.63) is 54.1 Å². The molecule has 2 aromatic heterocycles. The Labute approximate surface area is 164 Å². The lowest BCUT2D eigenvalue weighted by Gasteiger charge is -2.27. The van der Waals surface area contributed by atoms with Gasteiger partial charge in [0.1, 0.15) is 5.52 Å². The minimum absolute atomic E-state index is 0.479. The number of morpholine rings is 1. The fourth-order valence-corrected chi connectivity index (χ4v) is 3.37. The average Bonchev–Trinajstić information content (AvgIpc) is 2.70. The standard InChI is InChI=1S/C21H25N5O2/c1-25(2)15-17-12-22-13-20(24-17)28-19-6-5-16(14-26-8-10-27-11-9-26)18-4-3-7-23-21(18)19/h3-7,12-13H,8-11,14-15H2,1-2H3. The largest absolute Gasteiger partial charge is 0.435 e. The molecule has 1 fully saturated rings. The van der Waals surface area contributed by atoms with E-state index in [1.807, 2.05) is 31.1 Å². The van der Waals surface area contributed by atoms with Gasteiger partial charge in [0.2, 0.25) is 5.88 Å². The second-order valence-electron chi connectivity index (χ2n) is 7.20.